The molecule has 1 heterocycles. The van der Waals surface area contributed by atoms with E-state index >= 15 is 0 Å². The molecule has 0 saturated carbocycles. The topological polar surface area (TPSA) is 51.5 Å². The largest absolute Gasteiger partial charge is 0.490 e. The van der Waals surface area contributed by atoms with Gasteiger partial charge in [0.15, 0.2) is 5.76 Å². The van der Waals surface area contributed by atoms with Crippen molar-refractivity contribution in [1.29, 1.82) is 0 Å². The lowest BCUT2D eigenvalue weighted by Gasteiger charge is -2.08. The number of benzene rings is 2. The molecular formula is C17H14ClNO3. The molecule has 1 amide bonds. The van der Waals surface area contributed by atoms with E-state index in [1.807, 2.05) is 36.4 Å². The first kappa shape index (κ1) is 14.5. The van der Waals surface area contributed by atoms with Crippen LogP contribution >= 0.6 is 11.6 Å². The number of halogens is 1. The molecule has 3 rings (SSSR count). The molecule has 0 bridgehead atoms. The molecule has 1 aromatic heterocycles. The standard InChI is InChI=1S/C17H14ClNO3/c18-13-6-2-4-8-15(13)21-10-9-19-17(20)16-11-12-5-1-3-7-14(12)22-16/h1-8,11H,9-10H2,(H,19,20). The van der Waals surface area contributed by atoms with Crippen molar-refractivity contribution < 1.29 is 13.9 Å². The first-order valence-corrected chi connectivity index (χ1v) is 7.26. The number of ether oxygens (including phenoxy) is 1. The Bertz CT molecular complexity index is 764. The van der Waals surface area contributed by atoms with E-state index in [9.17, 15) is 4.79 Å². The Morgan fingerprint density at radius 3 is 2.73 bits per heavy atom. The van der Waals surface area contributed by atoms with Gasteiger partial charge in [0.25, 0.3) is 5.91 Å². The zero-order valence-electron chi connectivity index (χ0n) is 11.7. The molecule has 0 atom stereocenters. The van der Waals surface area contributed by atoms with Gasteiger partial charge in [-0.15, -0.1) is 0 Å². The SMILES string of the molecule is O=C(NCCOc1ccccc1Cl)c1cc2ccccc2o1. The Hall–Kier alpha value is -2.46. The van der Waals surface area contributed by atoms with Crippen molar-refractivity contribution in [2.75, 3.05) is 13.2 Å². The summed E-state index contributed by atoms with van der Waals surface area (Å²) in [5.74, 6) is 0.625. The van der Waals surface area contributed by atoms with Crippen LogP contribution in [0.5, 0.6) is 5.75 Å². The molecule has 3 aromatic rings. The number of amides is 1. The Kier molecular flexibility index (Phi) is 4.30. The number of hydrogen-bond acceptors (Lipinski definition) is 3. The zero-order chi connectivity index (χ0) is 15.4. The highest BCUT2D eigenvalue weighted by atomic mass is 35.5. The smallest absolute Gasteiger partial charge is 0.287 e. The van der Waals surface area contributed by atoms with Crippen LogP contribution in [0.1, 0.15) is 10.6 Å². The molecule has 0 aliphatic carbocycles. The van der Waals surface area contributed by atoms with Gasteiger partial charge in [0.1, 0.15) is 17.9 Å². The minimum Gasteiger partial charge on any atom is -0.490 e. The number of fused-ring (bicyclic) bond motifs is 1. The first-order chi connectivity index (χ1) is 10.7. The predicted molar refractivity (Wildman–Crippen MR) is 85.5 cm³/mol. The Morgan fingerprint density at radius 2 is 1.91 bits per heavy atom. The van der Waals surface area contributed by atoms with Crippen LogP contribution in [0.2, 0.25) is 5.02 Å². The van der Waals surface area contributed by atoms with Crippen molar-refractivity contribution in [3.8, 4) is 5.75 Å². The summed E-state index contributed by atoms with van der Waals surface area (Å²) in [4.78, 5) is 12.0. The molecule has 22 heavy (non-hydrogen) atoms. The summed E-state index contributed by atoms with van der Waals surface area (Å²) < 4.78 is 11.0. The van der Waals surface area contributed by atoms with E-state index < -0.39 is 0 Å². The van der Waals surface area contributed by atoms with Gasteiger partial charge in [0, 0.05) is 5.39 Å². The van der Waals surface area contributed by atoms with Crippen LogP contribution in [-0.4, -0.2) is 19.1 Å². The molecule has 0 spiro atoms. The van der Waals surface area contributed by atoms with Gasteiger partial charge in [-0.05, 0) is 24.3 Å². The number of rotatable bonds is 5. The molecule has 0 saturated heterocycles. The zero-order valence-corrected chi connectivity index (χ0v) is 12.5. The molecule has 1 N–H and O–H groups in total. The van der Waals surface area contributed by atoms with Crippen molar-refractivity contribution >= 4 is 28.5 Å². The highest BCUT2D eigenvalue weighted by molar-refractivity contribution is 6.32. The summed E-state index contributed by atoms with van der Waals surface area (Å²) >= 11 is 5.98. The number of carbonyl (C=O) groups is 1. The van der Waals surface area contributed by atoms with E-state index in [-0.39, 0.29) is 5.91 Å². The highest BCUT2D eigenvalue weighted by Crippen LogP contribution is 2.22. The average Bonchev–Trinajstić information content (AvgIpc) is 2.97. The maximum atomic E-state index is 12.0. The van der Waals surface area contributed by atoms with Crippen LogP contribution in [0.15, 0.2) is 59.0 Å². The van der Waals surface area contributed by atoms with Gasteiger partial charge in [-0.1, -0.05) is 41.9 Å². The van der Waals surface area contributed by atoms with E-state index in [0.717, 1.165) is 5.39 Å². The van der Waals surface area contributed by atoms with E-state index in [0.29, 0.717) is 35.3 Å². The summed E-state index contributed by atoms with van der Waals surface area (Å²) in [6.07, 6.45) is 0. The number of hydrogen-bond donors (Lipinski definition) is 1. The minimum atomic E-state index is -0.265. The number of para-hydroxylation sites is 2. The maximum absolute atomic E-state index is 12.0. The Labute approximate surface area is 132 Å². The lowest BCUT2D eigenvalue weighted by Crippen LogP contribution is -2.27. The second-order valence-corrected chi connectivity index (χ2v) is 5.09. The maximum Gasteiger partial charge on any atom is 0.287 e. The Balaban J connectivity index is 1.53. The van der Waals surface area contributed by atoms with Gasteiger partial charge in [-0.25, -0.2) is 0 Å². The average molecular weight is 316 g/mol. The van der Waals surface area contributed by atoms with Gasteiger partial charge < -0.3 is 14.5 Å². The summed E-state index contributed by atoms with van der Waals surface area (Å²) in [7, 11) is 0. The fraction of sp³-hybridized carbons (Fsp3) is 0.118. The molecule has 0 aliphatic heterocycles. The monoisotopic (exact) mass is 315 g/mol. The van der Waals surface area contributed by atoms with Gasteiger partial charge in [0.05, 0.1) is 11.6 Å². The van der Waals surface area contributed by atoms with Crippen molar-refractivity contribution in [3.05, 3.63) is 65.4 Å². The second kappa shape index (κ2) is 6.54. The van der Waals surface area contributed by atoms with Crippen LogP contribution in [0.3, 0.4) is 0 Å². The summed E-state index contributed by atoms with van der Waals surface area (Å²) in [5.41, 5.74) is 0.694. The molecular weight excluding hydrogens is 302 g/mol. The molecule has 0 unspecified atom stereocenters. The van der Waals surface area contributed by atoms with Gasteiger partial charge >= 0.3 is 0 Å². The number of carbonyl (C=O) groups excluding carboxylic acids is 1. The van der Waals surface area contributed by atoms with Crippen LogP contribution in [0, 0.1) is 0 Å². The predicted octanol–water partition coefficient (Wildman–Crippen LogP) is 3.90. The third kappa shape index (κ3) is 3.23. The first-order valence-electron chi connectivity index (χ1n) is 6.88. The number of nitrogens with one attached hydrogen (secondary N) is 1. The quantitative estimate of drug-likeness (QED) is 0.727. The van der Waals surface area contributed by atoms with E-state index in [1.54, 1.807) is 18.2 Å². The van der Waals surface area contributed by atoms with Crippen molar-refractivity contribution in [1.82, 2.24) is 5.32 Å². The molecule has 5 heteroatoms. The Morgan fingerprint density at radius 1 is 1.14 bits per heavy atom. The third-order valence-electron chi connectivity index (χ3n) is 3.13. The second-order valence-electron chi connectivity index (χ2n) is 4.68. The van der Waals surface area contributed by atoms with Gasteiger partial charge in [-0.2, -0.15) is 0 Å². The lowest BCUT2D eigenvalue weighted by molar-refractivity contribution is 0.0921. The fourth-order valence-corrected chi connectivity index (χ4v) is 2.26. The molecule has 0 fully saturated rings. The molecule has 2 aromatic carbocycles. The summed E-state index contributed by atoms with van der Waals surface area (Å²) in [6.45, 7) is 0.691. The third-order valence-corrected chi connectivity index (χ3v) is 3.44. The number of furan rings is 1. The van der Waals surface area contributed by atoms with Crippen LogP contribution < -0.4 is 10.1 Å². The lowest BCUT2D eigenvalue weighted by atomic mass is 10.2. The van der Waals surface area contributed by atoms with Gasteiger partial charge in [0.2, 0.25) is 0 Å². The normalized spacial score (nSPS) is 10.6. The van der Waals surface area contributed by atoms with Crippen LogP contribution in [0.4, 0.5) is 0 Å². The van der Waals surface area contributed by atoms with E-state index in [2.05, 4.69) is 5.32 Å². The fourth-order valence-electron chi connectivity index (χ4n) is 2.07. The van der Waals surface area contributed by atoms with Crippen LogP contribution in [-0.2, 0) is 0 Å². The van der Waals surface area contributed by atoms with Crippen molar-refractivity contribution in [3.63, 3.8) is 0 Å². The molecule has 0 aliphatic rings. The van der Waals surface area contributed by atoms with Gasteiger partial charge in [-0.3, -0.25) is 4.79 Å². The summed E-state index contributed by atoms with van der Waals surface area (Å²) in [6, 6.07) is 16.4. The van der Waals surface area contributed by atoms with Crippen molar-refractivity contribution in [2.45, 2.75) is 0 Å². The molecule has 0 radical (unpaired) electrons. The van der Waals surface area contributed by atoms with Crippen molar-refractivity contribution in [2.24, 2.45) is 0 Å². The molecule has 112 valence electrons. The highest BCUT2D eigenvalue weighted by Gasteiger charge is 2.11. The summed E-state index contributed by atoms with van der Waals surface area (Å²) in [5, 5.41) is 4.20. The van der Waals surface area contributed by atoms with E-state index in [4.69, 9.17) is 20.8 Å². The van der Waals surface area contributed by atoms with Crippen LogP contribution in [0.25, 0.3) is 11.0 Å². The molecule has 4 nitrogen and oxygen atoms in total. The van der Waals surface area contributed by atoms with E-state index in [1.165, 1.54) is 0 Å². The minimum absolute atomic E-state index is 0.265.